The van der Waals surface area contributed by atoms with Crippen LogP contribution >= 0.6 is 0 Å². The van der Waals surface area contributed by atoms with Gasteiger partial charge in [0.05, 0.1) is 12.6 Å². The molecule has 0 unspecified atom stereocenters. The van der Waals surface area contributed by atoms with Gasteiger partial charge >= 0.3 is 5.97 Å². The zero-order valence-corrected chi connectivity index (χ0v) is 16.9. The number of nitrogens with zero attached hydrogens (tertiary/aromatic N) is 2. The van der Waals surface area contributed by atoms with Gasteiger partial charge < -0.3 is 15.1 Å². The van der Waals surface area contributed by atoms with E-state index < -0.39 is 12.1 Å². The van der Waals surface area contributed by atoms with Crippen LogP contribution in [0.2, 0.25) is 0 Å². The first-order valence-corrected chi connectivity index (χ1v) is 10.4. The quantitative estimate of drug-likeness (QED) is 0.720. The second-order valence-corrected chi connectivity index (χ2v) is 8.68. The van der Waals surface area contributed by atoms with Crippen molar-refractivity contribution in [3.8, 4) is 0 Å². The Hall–Kier alpha value is -2.21. The van der Waals surface area contributed by atoms with E-state index in [0.717, 1.165) is 19.5 Å². The Bertz CT molecular complexity index is 829. The Morgan fingerprint density at radius 3 is 2.45 bits per heavy atom. The van der Waals surface area contributed by atoms with E-state index in [0.29, 0.717) is 19.0 Å². The third-order valence-corrected chi connectivity index (χ3v) is 6.76. The molecule has 1 heterocycles. The molecule has 1 aliphatic heterocycles. The minimum atomic E-state index is -0.831. The van der Waals surface area contributed by atoms with Crippen molar-refractivity contribution >= 4 is 5.97 Å². The molecule has 0 amide bonds. The monoisotopic (exact) mass is 394 g/mol. The number of hydrogen-bond donors (Lipinski definition) is 2. The van der Waals surface area contributed by atoms with Gasteiger partial charge in [0.2, 0.25) is 0 Å². The molecule has 2 fully saturated rings. The van der Waals surface area contributed by atoms with Gasteiger partial charge in [0.25, 0.3) is 0 Å². The van der Waals surface area contributed by atoms with E-state index >= 15 is 0 Å². The number of carboxylic acids is 1. The van der Waals surface area contributed by atoms with Crippen LogP contribution in [0.25, 0.3) is 0 Å². The van der Waals surface area contributed by atoms with E-state index in [9.17, 15) is 15.0 Å². The van der Waals surface area contributed by atoms with E-state index in [4.69, 9.17) is 0 Å². The molecule has 154 valence electrons. The fourth-order valence-corrected chi connectivity index (χ4v) is 5.36. The van der Waals surface area contributed by atoms with Gasteiger partial charge in [-0.05, 0) is 36.4 Å². The largest absolute Gasteiger partial charge is 0.480 e. The van der Waals surface area contributed by atoms with Gasteiger partial charge in [-0.3, -0.25) is 9.69 Å². The summed E-state index contributed by atoms with van der Waals surface area (Å²) >= 11 is 0. The van der Waals surface area contributed by atoms with E-state index in [2.05, 4.69) is 48.3 Å². The van der Waals surface area contributed by atoms with Gasteiger partial charge in [-0.2, -0.15) is 0 Å². The van der Waals surface area contributed by atoms with Gasteiger partial charge in [0.1, 0.15) is 0 Å². The lowest BCUT2D eigenvalue weighted by molar-refractivity contribution is -0.138. The van der Waals surface area contributed by atoms with Crippen molar-refractivity contribution in [1.29, 1.82) is 0 Å². The van der Waals surface area contributed by atoms with Crippen LogP contribution in [0.5, 0.6) is 0 Å². The summed E-state index contributed by atoms with van der Waals surface area (Å²) in [6, 6.07) is 20.9. The Morgan fingerprint density at radius 2 is 1.79 bits per heavy atom. The molecule has 2 N–H and O–H groups in total. The Balaban J connectivity index is 1.47. The van der Waals surface area contributed by atoms with Crippen molar-refractivity contribution < 1.29 is 15.0 Å². The van der Waals surface area contributed by atoms with Crippen molar-refractivity contribution in [2.24, 2.45) is 11.3 Å². The minimum absolute atomic E-state index is 0.00309. The van der Waals surface area contributed by atoms with Crippen LogP contribution < -0.4 is 0 Å². The molecule has 5 heteroatoms. The predicted molar refractivity (Wildman–Crippen MR) is 113 cm³/mol. The third-order valence-electron chi connectivity index (χ3n) is 6.76. The predicted octanol–water partition coefficient (Wildman–Crippen LogP) is 2.32. The first-order valence-electron chi connectivity index (χ1n) is 10.4. The number of carbonyl (C=O) groups is 1. The summed E-state index contributed by atoms with van der Waals surface area (Å²) in [7, 11) is 2.15. The maximum atomic E-state index is 11.2. The molecule has 0 aromatic heterocycles. The zero-order valence-electron chi connectivity index (χ0n) is 16.9. The number of rotatable bonds is 8. The van der Waals surface area contributed by atoms with Crippen LogP contribution in [0.4, 0.5) is 0 Å². The SMILES string of the molecule is CN(CCc1ccccc1)C[C@@H]1[C@@H](c2ccccc2)[C@]12CN(CC(=O)O)C[C@H]2O. The van der Waals surface area contributed by atoms with Crippen molar-refractivity contribution in [3.05, 3.63) is 71.8 Å². The van der Waals surface area contributed by atoms with Gasteiger partial charge in [0, 0.05) is 31.6 Å². The average molecular weight is 395 g/mol. The lowest BCUT2D eigenvalue weighted by Gasteiger charge is -2.20. The summed E-state index contributed by atoms with van der Waals surface area (Å²) in [5.41, 5.74) is 2.35. The van der Waals surface area contributed by atoms with Crippen LogP contribution in [0.1, 0.15) is 17.0 Å². The van der Waals surface area contributed by atoms with Crippen molar-refractivity contribution in [2.75, 3.05) is 39.8 Å². The minimum Gasteiger partial charge on any atom is -0.480 e. The molecule has 1 saturated carbocycles. The molecule has 2 aliphatic rings. The maximum Gasteiger partial charge on any atom is 0.317 e. The summed E-state index contributed by atoms with van der Waals surface area (Å²) in [6.07, 6.45) is 0.514. The molecule has 2 aromatic rings. The number of likely N-dealkylation sites (N-methyl/N-ethyl adjacent to an activating group) is 1. The summed E-state index contributed by atoms with van der Waals surface area (Å²) in [4.78, 5) is 15.4. The number of β-amino-alcohol motifs (C(OH)–C–C–N with tert-alkyl or cyclic N) is 1. The summed E-state index contributed by atoms with van der Waals surface area (Å²) in [5, 5.41) is 20.2. The normalized spacial score (nSPS) is 28.9. The highest BCUT2D eigenvalue weighted by molar-refractivity contribution is 5.69. The number of aliphatic carboxylic acids is 1. The highest BCUT2D eigenvalue weighted by Crippen LogP contribution is 2.69. The Labute approximate surface area is 172 Å². The zero-order chi connectivity index (χ0) is 20.4. The standard InChI is InChI=1S/C24H30N2O3/c1-25(13-12-18-8-4-2-5-9-18)14-20-23(19-10-6-3-7-11-19)24(20)17-26(15-21(24)27)16-22(28)29/h2-11,20-21,23,27H,12-17H2,1H3,(H,28,29)/t20-,21-,23-,24-/m1/s1. The maximum absolute atomic E-state index is 11.2. The number of hydrogen-bond acceptors (Lipinski definition) is 4. The molecule has 2 aromatic carbocycles. The number of aliphatic hydroxyl groups excluding tert-OH is 1. The molecule has 1 spiro atoms. The molecule has 29 heavy (non-hydrogen) atoms. The molecule has 0 radical (unpaired) electrons. The molecule has 1 aliphatic carbocycles. The molecule has 4 rings (SSSR count). The van der Waals surface area contributed by atoms with Crippen molar-refractivity contribution in [1.82, 2.24) is 9.80 Å². The van der Waals surface area contributed by atoms with E-state index in [1.54, 1.807) is 0 Å². The van der Waals surface area contributed by atoms with Gasteiger partial charge in [-0.25, -0.2) is 0 Å². The second kappa shape index (κ2) is 8.27. The smallest absolute Gasteiger partial charge is 0.317 e. The molecule has 4 atom stereocenters. The highest BCUT2D eigenvalue weighted by Gasteiger charge is 2.71. The lowest BCUT2D eigenvalue weighted by atomic mass is 9.95. The topological polar surface area (TPSA) is 64.0 Å². The van der Waals surface area contributed by atoms with E-state index in [1.165, 1.54) is 11.1 Å². The Morgan fingerprint density at radius 1 is 1.14 bits per heavy atom. The lowest BCUT2D eigenvalue weighted by Crippen LogP contribution is -2.29. The fraction of sp³-hybridized carbons (Fsp3) is 0.458. The van der Waals surface area contributed by atoms with Crippen LogP contribution in [0.3, 0.4) is 0 Å². The molecular formula is C24H30N2O3. The van der Waals surface area contributed by atoms with Crippen molar-refractivity contribution in [2.45, 2.75) is 18.4 Å². The van der Waals surface area contributed by atoms with Gasteiger partial charge in [-0.15, -0.1) is 0 Å². The first kappa shape index (κ1) is 20.1. The summed E-state index contributed by atoms with van der Waals surface area (Å²) < 4.78 is 0. The van der Waals surface area contributed by atoms with Gasteiger partial charge in [-0.1, -0.05) is 60.7 Å². The third kappa shape index (κ3) is 4.08. The highest BCUT2D eigenvalue weighted by atomic mass is 16.4. The average Bonchev–Trinajstić information content (AvgIpc) is 3.21. The first-order chi connectivity index (χ1) is 14.0. The Kier molecular flexibility index (Phi) is 5.72. The molecule has 1 saturated heterocycles. The second-order valence-electron chi connectivity index (χ2n) is 8.68. The van der Waals surface area contributed by atoms with Crippen LogP contribution in [0, 0.1) is 11.3 Å². The molecular weight excluding hydrogens is 364 g/mol. The summed E-state index contributed by atoms with van der Waals surface area (Å²) in [6.45, 7) is 2.96. The van der Waals surface area contributed by atoms with Crippen LogP contribution in [-0.4, -0.2) is 71.9 Å². The van der Waals surface area contributed by atoms with E-state index in [-0.39, 0.29) is 17.9 Å². The number of likely N-dealkylation sites (tertiary alicyclic amines) is 1. The van der Waals surface area contributed by atoms with E-state index in [1.807, 2.05) is 29.2 Å². The van der Waals surface area contributed by atoms with Crippen molar-refractivity contribution in [3.63, 3.8) is 0 Å². The molecule has 5 nitrogen and oxygen atoms in total. The van der Waals surface area contributed by atoms with Crippen LogP contribution in [0.15, 0.2) is 60.7 Å². The number of carboxylic acid groups (broad SMARTS) is 1. The van der Waals surface area contributed by atoms with Crippen LogP contribution in [-0.2, 0) is 11.2 Å². The number of benzene rings is 2. The fourth-order valence-electron chi connectivity index (χ4n) is 5.36. The van der Waals surface area contributed by atoms with Gasteiger partial charge in [0.15, 0.2) is 0 Å². The number of aliphatic hydroxyl groups is 1. The summed E-state index contributed by atoms with van der Waals surface area (Å²) in [5.74, 6) is -0.223. The molecule has 0 bridgehead atoms.